The summed E-state index contributed by atoms with van der Waals surface area (Å²) in [6.45, 7) is 2.83. The first kappa shape index (κ1) is 15.3. The molecule has 2 aromatic rings. The van der Waals surface area contributed by atoms with Gasteiger partial charge in [0.05, 0.1) is 21.3 Å². The number of rotatable bonds is 6. The number of unbranched alkanes of at least 4 members (excludes halogenated alkanes) is 1. The first-order valence-corrected chi connectivity index (χ1v) is 8.00. The number of thioether (sulfide) groups is 1. The Labute approximate surface area is 128 Å². The molecule has 0 radical (unpaired) electrons. The Morgan fingerprint density at radius 3 is 2.95 bits per heavy atom. The standard InChI is InChI=1S/C13H14BrFN2O2S/c1-2-3-4-17-11-5-8(14)9(15)6-10(11)16-13(17)20-7-12(18)19/h5-6H,2-4,7H2,1H3,(H,18,19). The van der Waals surface area contributed by atoms with Gasteiger partial charge in [-0.05, 0) is 28.4 Å². The number of imidazole rings is 1. The second-order valence-corrected chi connectivity index (χ2v) is 6.13. The molecule has 0 spiro atoms. The third-order valence-corrected chi connectivity index (χ3v) is 4.38. The molecule has 0 aliphatic heterocycles. The quantitative estimate of drug-likeness (QED) is 0.793. The Bertz CT molecular complexity index is 645. The monoisotopic (exact) mass is 360 g/mol. The molecule has 0 saturated heterocycles. The number of benzene rings is 1. The van der Waals surface area contributed by atoms with Crippen LogP contribution in [0.3, 0.4) is 0 Å². The van der Waals surface area contributed by atoms with Gasteiger partial charge < -0.3 is 9.67 Å². The first-order chi connectivity index (χ1) is 9.52. The molecule has 0 aliphatic rings. The molecule has 1 aromatic heterocycles. The van der Waals surface area contributed by atoms with E-state index in [1.165, 1.54) is 6.07 Å². The topological polar surface area (TPSA) is 55.1 Å². The van der Waals surface area contributed by atoms with Crippen LogP contribution in [0.4, 0.5) is 4.39 Å². The molecule has 4 nitrogen and oxygen atoms in total. The van der Waals surface area contributed by atoms with Gasteiger partial charge in [0.25, 0.3) is 0 Å². The molecule has 1 heterocycles. The summed E-state index contributed by atoms with van der Waals surface area (Å²) in [6.07, 6.45) is 1.98. The molecule has 0 amide bonds. The predicted molar refractivity (Wildman–Crippen MR) is 80.7 cm³/mol. The highest BCUT2D eigenvalue weighted by molar-refractivity contribution is 9.10. The van der Waals surface area contributed by atoms with E-state index in [2.05, 4.69) is 27.8 Å². The highest BCUT2D eigenvalue weighted by atomic mass is 79.9. The van der Waals surface area contributed by atoms with E-state index in [4.69, 9.17) is 5.11 Å². The largest absolute Gasteiger partial charge is 0.481 e. The first-order valence-electron chi connectivity index (χ1n) is 6.22. The third kappa shape index (κ3) is 3.32. The predicted octanol–water partition coefficient (Wildman–Crippen LogP) is 3.91. The fraction of sp³-hybridized carbons (Fsp3) is 0.385. The van der Waals surface area contributed by atoms with Gasteiger partial charge in [-0.3, -0.25) is 4.79 Å². The van der Waals surface area contributed by atoms with Crippen molar-refractivity contribution in [2.45, 2.75) is 31.5 Å². The molecule has 0 aliphatic carbocycles. The van der Waals surface area contributed by atoms with Crippen molar-refractivity contribution < 1.29 is 14.3 Å². The maximum Gasteiger partial charge on any atom is 0.313 e. The van der Waals surface area contributed by atoms with Crippen molar-refractivity contribution in [3.63, 3.8) is 0 Å². The van der Waals surface area contributed by atoms with Gasteiger partial charge in [-0.25, -0.2) is 9.37 Å². The van der Waals surface area contributed by atoms with E-state index in [1.54, 1.807) is 6.07 Å². The van der Waals surface area contributed by atoms with Crippen LogP contribution in [0.15, 0.2) is 21.8 Å². The van der Waals surface area contributed by atoms with E-state index in [1.807, 2.05) is 4.57 Å². The lowest BCUT2D eigenvalue weighted by molar-refractivity contribution is -0.133. The Hall–Kier alpha value is -1.08. The minimum atomic E-state index is -0.892. The molecule has 0 saturated carbocycles. The number of nitrogens with zero attached hydrogens (tertiary/aromatic N) is 2. The summed E-state index contributed by atoms with van der Waals surface area (Å²) < 4.78 is 15.9. The van der Waals surface area contributed by atoms with Crippen molar-refractivity contribution in [1.29, 1.82) is 0 Å². The van der Waals surface area contributed by atoms with E-state index < -0.39 is 5.97 Å². The minimum absolute atomic E-state index is 0.0564. The van der Waals surface area contributed by atoms with Crippen LogP contribution in [0.25, 0.3) is 11.0 Å². The van der Waals surface area contributed by atoms with Crippen molar-refractivity contribution in [3.8, 4) is 0 Å². The summed E-state index contributed by atoms with van der Waals surface area (Å²) in [5.74, 6) is -1.32. The van der Waals surface area contributed by atoms with Crippen LogP contribution < -0.4 is 0 Å². The Balaban J connectivity index is 2.45. The van der Waals surface area contributed by atoms with Crippen LogP contribution in [0.2, 0.25) is 0 Å². The van der Waals surface area contributed by atoms with Crippen molar-refractivity contribution in [2.24, 2.45) is 0 Å². The highest BCUT2D eigenvalue weighted by Gasteiger charge is 2.14. The molecule has 0 atom stereocenters. The number of hydrogen-bond donors (Lipinski definition) is 1. The maximum atomic E-state index is 13.6. The lowest BCUT2D eigenvalue weighted by atomic mass is 10.3. The molecule has 0 bridgehead atoms. The molecule has 1 aromatic carbocycles. The van der Waals surface area contributed by atoms with Crippen LogP contribution in [0.1, 0.15) is 19.8 Å². The number of carbonyl (C=O) groups is 1. The lowest BCUT2D eigenvalue weighted by Gasteiger charge is -2.07. The maximum absolute atomic E-state index is 13.6. The van der Waals surface area contributed by atoms with Gasteiger partial charge in [0.1, 0.15) is 5.82 Å². The fourth-order valence-electron chi connectivity index (χ4n) is 1.87. The van der Waals surface area contributed by atoms with Crippen LogP contribution >= 0.6 is 27.7 Å². The van der Waals surface area contributed by atoms with Gasteiger partial charge in [0.15, 0.2) is 5.16 Å². The van der Waals surface area contributed by atoms with E-state index >= 15 is 0 Å². The van der Waals surface area contributed by atoms with Gasteiger partial charge in [0, 0.05) is 12.6 Å². The minimum Gasteiger partial charge on any atom is -0.481 e. The number of fused-ring (bicyclic) bond motifs is 1. The Morgan fingerprint density at radius 1 is 1.55 bits per heavy atom. The molecule has 7 heteroatoms. The molecule has 1 N–H and O–H groups in total. The number of carboxylic acid groups (broad SMARTS) is 1. The second-order valence-electron chi connectivity index (χ2n) is 4.34. The summed E-state index contributed by atoms with van der Waals surface area (Å²) in [5, 5.41) is 9.40. The number of hydrogen-bond acceptors (Lipinski definition) is 3. The van der Waals surface area contributed by atoms with Crippen molar-refractivity contribution >= 4 is 44.7 Å². The van der Waals surface area contributed by atoms with Gasteiger partial charge in [-0.2, -0.15) is 0 Å². The summed E-state index contributed by atoms with van der Waals surface area (Å²) in [6, 6.07) is 3.06. The number of aryl methyl sites for hydroxylation is 1. The summed E-state index contributed by atoms with van der Waals surface area (Å²) in [7, 11) is 0. The molecule has 20 heavy (non-hydrogen) atoms. The zero-order valence-electron chi connectivity index (χ0n) is 10.9. The number of carboxylic acids is 1. The summed E-state index contributed by atoms with van der Waals surface area (Å²) >= 11 is 4.33. The molecule has 2 rings (SSSR count). The Morgan fingerprint density at radius 2 is 2.30 bits per heavy atom. The van der Waals surface area contributed by atoms with Crippen LogP contribution in [-0.2, 0) is 11.3 Å². The van der Waals surface area contributed by atoms with Gasteiger partial charge in [0.2, 0.25) is 0 Å². The summed E-state index contributed by atoms with van der Waals surface area (Å²) in [5.41, 5.74) is 1.37. The number of halogens is 2. The van der Waals surface area contributed by atoms with Crippen molar-refractivity contribution in [3.05, 3.63) is 22.4 Å². The molecular formula is C13H14BrFN2O2S. The molecule has 0 unspecified atom stereocenters. The van der Waals surface area contributed by atoms with E-state index in [9.17, 15) is 9.18 Å². The van der Waals surface area contributed by atoms with E-state index in [0.29, 0.717) is 15.1 Å². The lowest BCUT2D eigenvalue weighted by Crippen LogP contribution is -2.03. The highest BCUT2D eigenvalue weighted by Crippen LogP contribution is 2.28. The van der Waals surface area contributed by atoms with E-state index in [0.717, 1.165) is 36.7 Å². The zero-order valence-corrected chi connectivity index (χ0v) is 13.3. The average molecular weight is 361 g/mol. The average Bonchev–Trinajstić information content (AvgIpc) is 2.72. The van der Waals surface area contributed by atoms with E-state index in [-0.39, 0.29) is 11.6 Å². The fourth-order valence-corrected chi connectivity index (χ4v) is 2.96. The Kier molecular flexibility index (Phi) is 5.04. The third-order valence-electron chi connectivity index (χ3n) is 2.82. The zero-order chi connectivity index (χ0) is 14.7. The van der Waals surface area contributed by atoms with Gasteiger partial charge in [-0.1, -0.05) is 25.1 Å². The molecule has 108 valence electrons. The van der Waals surface area contributed by atoms with Gasteiger partial charge >= 0.3 is 5.97 Å². The normalized spacial score (nSPS) is 11.2. The smallest absolute Gasteiger partial charge is 0.313 e. The van der Waals surface area contributed by atoms with Crippen LogP contribution in [0, 0.1) is 5.82 Å². The second kappa shape index (κ2) is 6.58. The SMILES string of the molecule is CCCCn1c(SCC(=O)O)nc2cc(F)c(Br)cc21. The van der Waals surface area contributed by atoms with Crippen LogP contribution in [0.5, 0.6) is 0 Å². The van der Waals surface area contributed by atoms with Crippen LogP contribution in [-0.4, -0.2) is 26.4 Å². The van der Waals surface area contributed by atoms with Crippen molar-refractivity contribution in [1.82, 2.24) is 9.55 Å². The molecular weight excluding hydrogens is 347 g/mol. The number of aliphatic carboxylic acids is 1. The summed E-state index contributed by atoms with van der Waals surface area (Å²) in [4.78, 5) is 15.0. The molecule has 0 fully saturated rings. The van der Waals surface area contributed by atoms with Gasteiger partial charge in [-0.15, -0.1) is 0 Å². The van der Waals surface area contributed by atoms with Crippen molar-refractivity contribution in [2.75, 3.05) is 5.75 Å². The number of aromatic nitrogens is 2.